The second-order valence-electron chi connectivity index (χ2n) is 9.19. The fourth-order valence-electron chi connectivity index (χ4n) is 6.41. The van der Waals surface area contributed by atoms with E-state index >= 15 is 0 Å². The molecule has 0 heterocycles. The van der Waals surface area contributed by atoms with Crippen LogP contribution in [0.2, 0.25) is 0 Å². The SMILES string of the molecule is O=C(NC(c1ccccc1)c1ccccc1)C12C[C@@H]3C[C@@H](CC(O)(C3)C1)C2. The van der Waals surface area contributed by atoms with Gasteiger partial charge in [0, 0.05) is 0 Å². The molecular formula is C24H27NO2. The van der Waals surface area contributed by atoms with Crippen LogP contribution >= 0.6 is 0 Å². The third-order valence-electron chi connectivity index (χ3n) is 7.05. The monoisotopic (exact) mass is 361 g/mol. The maximum Gasteiger partial charge on any atom is 0.227 e. The van der Waals surface area contributed by atoms with Gasteiger partial charge in [-0.05, 0) is 61.5 Å². The lowest BCUT2D eigenvalue weighted by molar-refractivity contribution is -0.178. The molecule has 3 nitrogen and oxygen atoms in total. The van der Waals surface area contributed by atoms with Gasteiger partial charge in [-0.1, -0.05) is 60.7 Å². The van der Waals surface area contributed by atoms with Crippen molar-refractivity contribution in [3.63, 3.8) is 0 Å². The maximum atomic E-state index is 13.6. The summed E-state index contributed by atoms with van der Waals surface area (Å²) < 4.78 is 0. The third-order valence-corrected chi connectivity index (χ3v) is 7.05. The third kappa shape index (κ3) is 2.98. The molecular weight excluding hydrogens is 334 g/mol. The molecule has 4 saturated carbocycles. The highest BCUT2D eigenvalue weighted by Gasteiger charge is 2.60. The Labute approximate surface area is 160 Å². The van der Waals surface area contributed by atoms with Crippen LogP contribution in [0.1, 0.15) is 55.7 Å². The summed E-state index contributed by atoms with van der Waals surface area (Å²) in [6.45, 7) is 0. The van der Waals surface area contributed by atoms with E-state index in [9.17, 15) is 9.90 Å². The topological polar surface area (TPSA) is 49.3 Å². The van der Waals surface area contributed by atoms with Crippen molar-refractivity contribution in [3.8, 4) is 0 Å². The van der Waals surface area contributed by atoms with Gasteiger partial charge in [0.1, 0.15) is 0 Å². The van der Waals surface area contributed by atoms with Crippen LogP contribution in [0.15, 0.2) is 60.7 Å². The highest BCUT2D eigenvalue weighted by atomic mass is 16.3. The van der Waals surface area contributed by atoms with Crippen molar-refractivity contribution >= 4 is 5.91 Å². The molecule has 27 heavy (non-hydrogen) atoms. The Morgan fingerprint density at radius 2 is 1.41 bits per heavy atom. The van der Waals surface area contributed by atoms with E-state index in [0.717, 1.165) is 36.8 Å². The molecule has 2 aromatic rings. The predicted molar refractivity (Wildman–Crippen MR) is 105 cm³/mol. The molecule has 4 atom stereocenters. The van der Waals surface area contributed by atoms with Gasteiger partial charge in [0.2, 0.25) is 5.91 Å². The van der Waals surface area contributed by atoms with E-state index < -0.39 is 5.60 Å². The number of amides is 1. The fraction of sp³-hybridized carbons (Fsp3) is 0.458. The molecule has 0 saturated heterocycles. The number of aliphatic hydroxyl groups is 1. The number of benzene rings is 2. The van der Waals surface area contributed by atoms with E-state index in [1.54, 1.807) is 0 Å². The van der Waals surface area contributed by atoms with Crippen LogP contribution in [0.3, 0.4) is 0 Å². The Bertz CT molecular complexity index is 778. The number of hydrogen-bond donors (Lipinski definition) is 2. The summed E-state index contributed by atoms with van der Waals surface area (Å²) in [5.74, 6) is 1.15. The van der Waals surface area contributed by atoms with Gasteiger partial charge in [-0.15, -0.1) is 0 Å². The second-order valence-corrected chi connectivity index (χ2v) is 9.19. The molecule has 6 rings (SSSR count). The number of carbonyl (C=O) groups excluding carboxylic acids is 1. The zero-order valence-corrected chi connectivity index (χ0v) is 15.6. The van der Waals surface area contributed by atoms with E-state index in [4.69, 9.17) is 0 Å². The minimum Gasteiger partial charge on any atom is -0.390 e. The summed E-state index contributed by atoms with van der Waals surface area (Å²) in [6.07, 6.45) is 5.48. The van der Waals surface area contributed by atoms with Crippen LogP contribution in [0.25, 0.3) is 0 Å². The standard InChI is InChI=1S/C24H27NO2/c26-22(23-12-17-11-18(13-23)15-24(27,14-17)16-23)25-21(19-7-3-1-4-8-19)20-9-5-2-6-10-20/h1-10,17-18,21,27H,11-16H2,(H,25,26)/t17-,18+,23?,24?. The van der Waals surface area contributed by atoms with Crippen LogP contribution in [0.5, 0.6) is 0 Å². The second kappa shape index (κ2) is 6.20. The normalized spacial score (nSPS) is 34.0. The lowest BCUT2D eigenvalue weighted by Crippen LogP contribution is -2.60. The quantitative estimate of drug-likeness (QED) is 0.856. The lowest BCUT2D eigenvalue weighted by atomic mass is 9.47. The van der Waals surface area contributed by atoms with Gasteiger partial charge >= 0.3 is 0 Å². The van der Waals surface area contributed by atoms with Crippen LogP contribution in [0, 0.1) is 17.3 Å². The van der Waals surface area contributed by atoms with Gasteiger partial charge in [-0.3, -0.25) is 4.79 Å². The first-order valence-corrected chi connectivity index (χ1v) is 10.2. The zero-order valence-electron chi connectivity index (χ0n) is 15.6. The molecule has 0 aliphatic heterocycles. The van der Waals surface area contributed by atoms with Crippen LogP contribution in [-0.4, -0.2) is 16.6 Å². The average Bonchev–Trinajstić information content (AvgIpc) is 2.65. The summed E-state index contributed by atoms with van der Waals surface area (Å²) in [7, 11) is 0. The lowest BCUT2D eigenvalue weighted by Gasteiger charge is -2.59. The van der Waals surface area contributed by atoms with Gasteiger partial charge in [-0.25, -0.2) is 0 Å². The highest BCUT2D eigenvalue weighted by Crippen LogP contribution is 2.61. The summed E-state index contributed by atoms with van der Waals surface area (Å²) in [4.78, 5) is 13.6. The Morgan fingerprint density at radius 1 is 0.889 bits per heavy atom. The Hall–Kier alpha value is -2.13. The molecule has 0 aromatic heterocycles. The number of rotatable bonds is 4. The van der Waals surface area contributed by atoms with E-state index in [2.05, 4.69) is 29.6 Å². The van der Waals surface area contributed by atoms with E-state index in [-0.39, 0.29) is 17.4 Å². The van der Waals surface area contributed by atoms with E-state index in [1.807, 2.05) is 36.4 Å². The van der Waals surface area contributed by atoms with Crippen molar-refractivity contribution in [2.45, 2.75) is 50.2 Å². The summed E-state index contributed by atoms with van der Waals surface area (Å²) >= 11 is 0. The molecule has 140 valence electrons. The summed E-state index contributed by atoms with van der Waals surface area (Å²) in [6, 6.07) is 20.2. The Kier molecular flexibility index (Phi) is 3.90. The largest absolute Gasteiger partial charge is 0.390 e. The van der Waals surface area contributed by atoms with Gasteiger partial charge in [-0.2, -0.15) is 0 Å². The summed E-state index contributed by atoms with van der Waals surface area (Å²) in [5.41, 5.74) is 1.19. The van der Waals surface area contributed by atoms with Crippen molar-refractivity contribution in [1.82, 2.24) is 5.32 Å². The smallest absolute Gasteiger partial charge is 0.227 e. The van der Waals surface area contributed by atoms with E-state index in [0.29, 0.717) is 18.3 Å². The van der Waals surface area contributed by atoms with Gasteiger partial charge < -0.3 is 10.4 Å². The molecule has 0 radical (unpaired) electrons. The summed E-state index contributed by atoms with van der Waals surface area (Å²) in [5, 5.41) is 14.4. The first-order chi connectivity index (χ1) is 13.1. The molecule has 2 unspecified atom stereocenters. The molecule has 4 aliphatic rings. The molecule has 2 aromatic carbocycles. The van der Waals surface area contributed by atoms with Crippen LogP contribution in [-0.2, 0) is 4.79 Å². The first-order valence-electron chi connectivity index (χ1n) is 10.2. The average molecular weight is 361 g/mol. The van der Waals surface area contributed by atoms with Crippen LogP contribution < -0.4 is 5.32 Å². The molecule has 0 spiro atoms. The first kappa shape index (κ1) is 17.0. The maximum absolute atomic E-state index is 13.6. The van der Waals surface area contributed by atoms with Crippen LogP contribution in [0.4, 0.5) is 0 Å². The number of carbonyl (C=O) groups is 1. The highest BCUT2D eigenvalue weighted by molar-refractivity contribution is 5.84. The minimum atomic E-state index is -0.615. The fourth-order valence-corrected chi connectivity index (χ4v) is 6.41. The molecule has 1 amide bonds. The van der Waals surface area contributed by atoms with Gasteiger partial charge in [0.05, 0.1) is 17.1 Å². The number of nitrogens with one attached hydrogen (secondary N) is 1. The molecule has 4 fully saturated rings. The number of hydrogen-bond acceptors (Lipinski definition) is 2. The minimum absolute atomic E-state index is 0.132. The van der Waals surface area contributed by atoms with Crippen molar-refractivity contribution in [3.05, 3.63) is 71.8 Å². The molecule has 2 N–H and O–H groups in total. The van der Waals surface area contributed by atoms with Gasteiger partial charge in [0.15, 0.2) is 0 Å². The zero-order chi connectivity index (χ0) is 18.5. The van der Waals surface area contributed by atoms with Crippen molar-refractivity contribution in [1.29, 1.82) is 0 Å². The molecule has 3 heteroatoms. The van der Waals surface area contributed by atoms with Gasteiger partial charge in [0.25, 0.3) is 0 Å². The molecule has 4 aliphatic carbocycles. The predicted octanol–water partition coefficient (Wildman–Crippen LogP) is 4.22. The van der Waals surface area contributed by atoms with Crippen molar-refractivity contribution in [2.75, 3.05) is 0 Å². The van der Waals surface area contributed by atoms with Crippen molar-refractivity contribution < 1.29 is 9.90 Å². The Balaban J connectivity index is 1.46. The van der Waals surface area contributed by atoms with Crippen molar-refractivity contribution in [2.24, 2.45) is 17.3 Å². The van der Waals surface area contributed by atoms with E-state index in [1.165, 1.54) is 6.42 Å². The molecule has 4 bridgehead atoms. The Morgan fingerprint density at radius 3 is 1.89 bits per heavy atom.